The van der Waals surface area contributed by atoms with Gasteiger partial charge in [-0.25, -0.2) is 4.98 Å². The van der Waals surface area contributed by atoms with Gasteiger partial charge in [0, 0.05) is 12.1 Å². The Bertz CT molecular complexity index is 1140. The van der Waals surface area contributed by atoms with E-state index in [1.54, 1.807) is 19.1 Å². The molecule has 9 heteroatoms. The van der Waals surface area contributed by atoms with Crippen molar-refractivity contribution < 1.29 is 38.0 Å². The number of aromatic nitrogens is 1. The number of allylic oxidation sites excluding steroid dienone is 1. The topological polar surface area (TPSA) is 99.9 Å². The van der Waals surface area contributed by atoms with E-state index in [2.05, 4.69) is 18.8 Å². The molecule has 35 heavy (non-hydrogen) atoms. The van der Waals surface area contributed by atoms with Gasteiger partial charge in [-0.15, -0.1) is 0 Å². The van der Waals surface area contributed by atoms with E-state index in [-0.39, 0.29) is 28.6 Å². The normalized spacial score (nSPS) is 41.7. The van der Waals surface area contributed by atoms with Crippen LogP contribution in [0.1, 0.15) is 39.7 Å². The largest absolute Gasteiger partial charge is 0.466 e. The third-order valence-corrected chi connectivity index (χ3v) is 9.20. The molecule has 0 amide bonds. The number of ether oxygens (including phenoxy) is 1. The van der Waals surface area contributed by atoms with E-state index in [0.717, 1.165) is 18.3 Å². The third kappa shape index (κ3) is 3.01. The van der Waals surface area contributed by atoms with E-state index in [0.29, 0.717) is 12.0 Å². The molecule has 2 saturated carbocycles. The summed E-state index contributed by atoms with van der Waals surface area (Å²) >= 11 is 0. The van der Waals surface area contributed by atoms with Crippen molar-refractivity contribution >= 4 is 5.78 Å². The van der Waals surface area contributed by atoms with Gasteiger partial charge in [-0.3, -0.25) is 4.79 Å². The van der Waals surface area contributed by atoms with Crippen molar-refractivity contribution in [2.24, 2.45) is 34.5 Å². The zero-order chi connectivity index (χ0) is 25.7. The van der Waals surface area contributed by atoms with Crippen molar-refractivity contribution in [1.29, 1.82) is 0 Å². The molecule has 1 unspecified atom stereocenters. The molecular weight excluding hydrogens is 463 g/mol. The van der Waals surface area contributed by atoms with Gasteiger partial charge in [-0.2, -0.15) is 13.2 Å². The first-order chi connectivity index (χ1) is 16.2. The van der Waals surface area contributed by atoms with Crippen LogP contribution in [0, 0.1) is 34.5 Å². The maximum Gasteiger partial charge on any atom is 0.421 e. The number of carbonyl (C=O) groups excluding carboxylic acids is 1. The van der Waals surface area contributed by atoms with Crippen molar-refractivity contribution in [3.8, 4) is 5.88 Å². The molecule has 0 aliphatic heterocycles. The van der Waals surface area contributed by atoms with Crippen LogP contribution < -0.4 is 4.74 Å². The summed E-state index contributed by atoms with van der Waals surface area (Å²) in [6, 6.07) is 1.95. The number of rotatable bonds is 3. The van der Waals surface area contributed by atoms with Crippen LogP contribution in [0.25, 0.3) is 0 Å². The summed E-state index contributed by atoms with van der Waals surface area (Å²) < 4.78 is 46.8. The SMILES string of the molecule is CC1=CC23C(=O)[C@@H](C=C(CO)[C@@H](O)[C@]2(O)[C@H]1Oc1ncccc1C(F)(F)F)[C@H]1[C@@H](C[C@H]3C)C1(C)C. The lowest BCUT2D eigenvalue weighted by Crippen LogP contribution is -2.66. The number of nitrogens with zero attached hydrogens (tertiary/aromatic N) is 1. The van der Waals surface area contributed by atoms with Gasteiger partial charge in [0.25, 0.3) is 0 Å². The lowest BCUT2D eigenvalue weighted by molar-refractivity contribution is -0.187. The molecule has 1 aromatic heterocycles. The molecule has 0 aromatic carbocycles. The Morgan fingerprint density at radius 1 is 1.29 bits per heavy atom. The minimum absolute atomic E-state index is 0.0192. The second-order valence-electron chi connectivity index (χ2n) is 11.2. The minimum atomic E-state index is -4.76. The number of alkyl halides is 3. The summed E-state index contributed by atoms with van der Waals surface area (Å²) in [4.78, 5) is 18.0. The van der Waals surface area contributed by atoms with Gasteiger partial charge < -0.3 is 20.1 Å². The maximum absolute atomic E-state index is 14.3. The number of hydrogen-bond donors (Lipinski definition) is 3. The van der Waals surface area contributed by atoms with Crippen LogP contribution in [0.5, 0.6) is 5.88 Å². The third-order valence-electron chi connectivity index (χ3n) is 9.20. The molecule has 1 aromatic rings. The average Bonchev–Trinajstić information content (AvgIpc) is 3.27. The first kappa shape index (κ1) is 24.5. The van der Waals surface area contributed by atoms with Crippen molar-refractivity contribution in [3.05, 3.63) is 47.2 Å². The molecule has 2 bridgehead atoms. The summed E-state index contributed by atoms with van der Waals surface area (Å²) in [7, 11) is 0. The number of hydrogen-bond acceptors (Lipinski definition) is 6. The van der Waals surface area contributed by atoms with E-state index in [4.69, 9.17) is 4.74 Å². The van der Waals surface area contributed by atoms with Gasteiger partial charge in [0.05, 0.1) is 12.0 Å². The van der Waals surface area contributed by atoms with Crippen LogP contribution >= 0.6 is 0 Å². The Labute approximate surface area is 201 Å². The van der Waals surface area contributed by atoms with Gasteiger partial charge in [0.15, 0.2) is 17.5 Å². The number of carbonyl (C=O) groups is 1. The molecule has 190 valence electrons. The van der Waals surface area contributed by atoms with E-state index < -0.39 is 59.3 Å². The van der Waals surface area contributed by atoms with Crippen LogP contribution in [0.15, 0.2) is 41.6 Å². The molecule has 4 aliphatic rings. The first-order valence-corrected chi connectivity index (χ1v) is 11.9. The molecule has 0 radical (unpaired) electrons. The Morgan fingerprint density at radius 3 is 2.60 bits per heavy atom. The van der Waals surface area contributed by atoms with E-state index >= 15 is 0 Å². The molecule has 5 rings (SSSR count). The van der Waals surface area contributed by atoms with E-state index in [1.807, 2.05) is 6.92 Å². The number of aliphatic hydroxyl groups is 3. The highest BCUT2D eigenvalue weighted by atomic mass is 19.4. The minimum Gasteiger partial charge on any atom is -0.466 e. The number of halogens is 3. The summed E-state index contributed by atoms with van der Waals surface area (Å²) in [5, 5.41) is 33.9. The zero-order valence-electron chi connectivity index (χ0n) is 20.0. The summed E-state index contributed by atoms with van der Waals surface area (Å²) in [6.07, 6.45) is -3.09. The lowest BCUT2D eigenvalue weighted by atomic mass is 9.59. The van der Waals surface area contributed by atoms with E-state index in [9.17, 15) is 33.3 Å². The highest BCUT2D eigenvalue weighted by molar-refractivity contribution is 5.95. The number of pyridine rings is 1. The van der Waals surface area contributed by atoms with Crippen LogP contribution in [-0.2, 0) is 11.0 Å². The van der Waals surface area contributed by atoms with Gasteiger partial charge in [0.2, 0.25) is 5.88 Å². The average molecular weight is 494 g/mol. The van der Waals surface area contributed by atoms with Crippen LogP contribution in [0.3, 0.4) is 0 Å². The fraction of sp³-hybridized carbons (Fsp3) is 0.615. The molecule has 0 saturated heterocycles. The molecule has 8 atom stereocenters. The Hall–Kier alpha value is -2.23. The predicted octanol–water partition coefficient (Wildman–Crippen LogP) is 3.32. The maximum atomic E-state index is 14.3. The smallest absolute Gasteiger partial charge is 0.421 e. The highest BCUT2D eigenvalue weighted by Gasteiger charge is 2.76. The van der Waals surface area contributed by atoms with Crippen molar-refractivity contribution in [3.63, 3.8) is 0 Å². The molecule has 4 aliphatic carbocycles. The van der Waals surface area contributed by atoms with Gasteiger partial charge >= 0.3 is 6.18 Å². The van der Waals surface area contributed by atoms with Crippen molar-refractivity contribution in [2.45, 2.75) is 58.1 Å². The molecule has 6 nitrogen and oxygen atoms in total. The van der Waals surface area contributed by atoms with Gasteiger partial charge in [-0.05, 0) is 59.8 Å². The lowest BCUT2D eigenvalue weighted by Gasteiger charge is -2.49. The number of aliphatic hydroxyl groups excluding tert-OH is 2. The zero-order valence-corrected chi connectivity index (χ0v) is 20.0. The number of ketones is 1. The highest BCUT2D eigenvalue weighted by Crippen LogP contribution is 2.71. The van der Waals surface area contributed by atoms with Gasteiger partial charge in [0.1, 0.15) is 11.7 Å². The summed E-state index contributed by atoms with van der Waals surface area (Å²) in [5.41, 5.74) is -4.78. The Morgan fingerprint density at radius 2 is 1.97 bits per heavy atom. The fourth-order valence-corrected chi connectivity index (χ4v) is 7.41. The number of fused-ring (bicyclic) bond motifs is 3. The molecule has 3 N–H and O–H groups in total. The van der Waals surface area contributed by atoms with Crippen LogP contribution in [0.2, 0.25) is 0 Å². The molecule has 1 spiro atoms. The second kappa shape index (κ2) is 7.40. The van der Waals surface area contributed by atoms with E-state index in [1.165, 1.54) is 0 Å². The standard InChI is InChI=1S/C26H30F3NO5/c1-12-10-24-13(2)8-17-18(23(17,3)4)15(20(24)33)9-14(11-31)19(32)25(24,34)21(12)35-22-16(26(27,28)29)6-5-7-30-22/h5-7,9-10,13,15,17-19,21,31-32,34H,8,11H2,1-4H3/t13-,15+,17-,18+,19-,21+,24?,25+/m1/s1. The Balaban J connectivity index is 1.68. The quantitative estimate of drug-likeness (QED) is 0.559. The summed E-state index contributed by atoms with van der Waals surface area (Å²) in [5.74, 6) is -1.94. The molecular formula is C26H30F3NO5. The van der Waals surface area contributed by atoms with Crippen molar-refractivity contribution in [2.75, 3.05) is 6.61 Å². The predicted molar refractivity (Wildman–Crippen MR) is 119 cm³/mol. The molecule has 2 fully saturated rings. The van der Waals surface area contributed by atoms with Crippen LogP contribution in [0.4, 0.5) is 13.2 Å². The van der Waals surface area contributed by atoms with Gasteiger partial charge in [-0.1, -0.05) is 32.9 Å². The first-order valence-electron chi connectivity index (χ1n) is 11.9. The summed E-state index contributed by atoms with van der Waals surface area (Å²) in [6.45, 7) is 6.96. The monoisotopic (exact) mass is 493 g/mol. The number of Topliss-reactive ketones (excluding diaryl/α,β-unsaturated/α-hetero) is 1. The van der Waals surface area contributed by atoms with Crippen molar-refractivity contribution in [1.82, 2.24) is 4.98 Å². The molecule has 1 heterocycles. The fourth-order valence-electron chi connectivity index (χ4n) is 7.41. The Kier molecular flexibility index (Phi) is 5.17. The van der Waals surface area contributed by atoms with Crippen LogP contribution in [-0.4, -0.2) is 50.5 Å². The second-order valence-corrected chi connectivity index (χ2v) is 11.2.